The van der Waals surface area contributed by atoms with Gasteiger partial charge in [-0.2, -0.15) is 0 Å². The van der Waals surface area contributed by atoms with Crippen molar-refractivity contribution in [2.24, 2.45) is 5.92 Å². The number of rotatable bonds is 6. The Bertz CT molecular complexity index is 975. The number of benzene rings is 2. The predicted octanol–water partition coefficient (Wildman–Crippen LogP) is 2.91. The number of ether oxygens (including phenoxy) is 2. The van der Waals surface area contributed by atoms with Crippen molar-refractivity contribution in [2.75, 3.05) is 53.4 Å². The van der Waals surface area contributed by atoms with Crippen molar-refractivity contribution in [3.63, 3.8) is 0 Å². The van der Waals surface area contributed by atoms with Gasteiger partial charge in [-0.15, -0.1) is 0 Å². The van der Waals surface area contributed by atoms with Gasteiger partial charge in [-0.25, -0.2) is 4.39 Å². The minimum Gasteiger partial charge on any atom is -0.497 e. The molecule has 2 aromatic rings. The first-order chi connectivity index (χ1) is 16.4. The smallest absolute Gasteiger partial charge is 0.253 e. The van der Waals surface area contributed by atoms with Gasteiger partial charge in [0.2, 0.25) is 5.91 Å². The second kappa shape index (κ2) is 10.9. The lowest BCUT2D eigenvalue weighted by Gasteiger charge is -2.40. The van der Waals surface area contributed by atoms with Crippen LogP contribution in [0.5, 0.6) is 11.5 Å². The van der Waals surface area contributed by atoms with Crippen molar-refractivity contribution in [1.29, 1.82) is 0 Å². The average Bonchev–Trinajstić information content (AvgIpc) is 2.86. The Balaban J connectivity index is 1.47. The summed E-state index contributed by atoms with van der Waals surface area (Å²) in [6.07, 6.45) is 0.670. The minimum atomic E-state index is -0.325. The third-order valence-electron chi connectivity index (χ3n) is 6.68. The standard InChI is InChI=1S/C26H32FN3O4/c1-28-13-15-29(16-14-28)25(31)17-20-18-30(26(32)19-3-7-22(33-2)8-4-19)12-11-24(20)34-23-9-5-21(27)6-10-23/h3-10,20,24H,11-18H2,1-2H3/t20-,24-/m0/s1. The number of amides is 2. The van der Waals surface area contributed by atoms with Crippen LogP contribution in [0.4, 0.5) is 4.39 Å². The van der Waals surface area contributed by atoms with Crippen LogP contribution in [-0.2, 0) is 4.79 Å². The number of carbonyl (C=O) groups excluding carboxylic acids is 2. The summed E-state index contributed by atoms with van der Waals surface area (Å²) in [6.45, 7) is 4.08. The number of likely N-dealkylation sites (tertiary alicyclic amines) is 1. The molecule has 0 aliphatic carbocycles. The normalized spacial score (nSPS) is 21.3. The molecule has 0 spiro atoms. The van der Waals surface area contributed by atoms with Crippen molar-refractivity contribution in [3.8, 4) is 11.5 Å². The zero-order valence-corrected chi connectivity index (χ0v) is 19.8. The van der Waals surface area contributed by atoms with E-state index in [9.17, 15) is 14.0 Å². The Morgan fingerprint density at radius 1 is 0.912 bits per heavy atom. The third kappa shape index (κ3) is 5.86. The highest BCUT2D eigenvalue weighted by molar-refractivity contribution is 5.94. The Hall–Kier alpha value is -3.13. The Morgan fingerprint density at radius 3 is 2.21 bits per heavy atom. The summed E-state index contributed by atoms with van der Waals surface area (Å²) in [6, 6.07) is 13.0. The maximum Gasteiger partial charge on any atom is 0.253 e. The van der Waals surface area contributed by atoms with Crippen molar-refractivity contribution < 1.29 is 23.5 Å². The number of piperazine rings is 1. The van der Waals surface area contributed by atoms with Crippen molar-refractivity contribution in [2.45, 2.75) is 18.9 Å². The summed E-state index contributed by atoms with van der Waals surface area (Å²) < 4.78 is 24.7. The number of hydrogen-bond acceptors (Lipinski definition) is 5. The quantitative estimate of drug-likeness (QED) is 0.651. The molecule has 2 aliphatic heterocycles. The molecule has 7 nitrogen and oxygen atoms in total. The van der Waals surface area contributed by atoms with Crippen molar-refractivity contribution in [1.82, 2.24) is 14.7 Å². The van der Waals surface area contributed by atoms with E-state index in [1.54, 1.807) is 48.4 Å². The molecule has 0 saturated carbocycles. The van der Waals surface area contributed by atoms with Gasteiger partial charge >= 0.3 is 0 Å². The Morgan fingerprint density at radius 2 is 1.56 bits per heavy atom. The number of halogens is 1. The highest BCUT2D eigenvalue weighted by Gasteiger charge is 2.36. The molecule has 0 bridgehead atoms. The van der Waals surface area contributed by atoms with Gasteiger partial charge in [0.15, 0.2) is 0 Å². The number of nitrogens with zero attached hydrogens (tertiary/aromatic N) is 3. The van der Waals surface area contributed by atoms with E-state index < -0.39 is 0 Å². The molecule has 8 heteroatoms. The van der Waals surface area contributed by atoms with E-state index in [0.29, 0.717) is 56.1 Å². The average molecular weight is 470 g/mol. The second-order valence-corrected chi connectivity index (χ2v) is 9.03. The van der Waals surface area contributed by atoms with Gasteiger partial charge in [-0.05, 0) is 55.6 Å². The van der Waals surface area contributed by atoms with Crippen LogP contribution in [-0.4, -0.2) is 86.0 Å². The van der Waals surface area contributed by atoms with Crippen LogP contribution >= 0.6 is 0 Å². The molecule has 0 radical (unpaired) electrons. The van der Waals surface area contributed by atoms with E-state index in [-0.39, 0.29) is 29.7 Å². The zero-order valence-electron chi connectivity index (χ0n) is 19.8. The third-order valence-corrected chi connectivity index (χ3v) is 6.68. The van der Waals surface area contributed by atoms with Crippen LogP contribution in [0.1, 0.15) is 23.2 Å². The molecular weight excluding hydrogens is 437 g/mol. The summed E-state index contributed by atoms with van der Waals surface area (Å²) in [4.78, 5) is 32.2. The number of likely N-dealkylation sites (N-methyl/N-ethyl adjacent to an activating group) is 1. The molecule has 2 saturated heterocycles. The molecule has 2 aromatic carbocycles. The van der Waals surface area contributed by atoms with Gasteiger partial charge in [0, 0.05) is 63.6 Å². The summed E-state index contributed by atoms with van der Waals surface area (Å²) in [5, 5.41) is 0. The van der Waals surface area contributed by atoms with Gasteiger partial charge in [0.1, 0.15) is 23.4 Å². The summed E-state index contributed by atoms with van der Waals surface area (Å²) >= 11 is 0. The number of piperidine rings is 1. The predicted molar refractivity (Wildman–Crippen MR) is 127 cm³/mol. The minimum absolute atomic E-state index is 0.0695. The fraction of sp³-hybridized carbons (Fsp3) is 0.462. The van der Waals surface area contributed by atoms with Crippen LogP contribution in [0.25, 0.3) is 0 Å². The van der Waals surface area contributed by atoms with Crippen LogP contribution in [0, 0.1) is 11.7 Å². The zero-order chi connectivity index (χ0) is 24.1. The first kappa shape index (κ1) is 24.0. The molecule has 0 N–H and O–H groups in total. The summed E-state index contributed by atoms with van der Waals surface area (Å²) in [7, 11) is 3.64. The van der Waals surface area contributed by atoms with Crippen LogP contribution in [0.15, 0.2) is 48.5 Å². The van der Waals surface area contributed by atoms with Crippen LogP contribution in [0.3, 0.4) is 0 Å². The van der Waals surface area contributed by atoms with E-state index in [1.807, 2.05) is 4.90 Å². The highest BCUT2D eigenvalue weighted by atomic mass is 19.1. The second-order valence-electron chi connectivity index (χ2n) is 9.03. The molecule has 2 heterocycles. The summed E-state index contributed by atoms with van der Waals surface area (Å²) in [5.74, 6) is 0.795. The molecule has 0 aromatic heterocycles. The number of hydrogen-bond donors (Lipinski definition) is 0. The topological polar surface area (TPSA) is 62.3 Å². The number of methoxy groups -OCH3 is 1. The van der Waals surface area contributed by atoms with Gasteiger partial charge in [0.05, 0.1) is 7.11 Å². The van der Waals surface area contributed by atoms with Gasteiger partial charge in [0.25, 0.3) is 5.91 Å². The van der Waals surface area contributed by atoms with E-state index in [1.165, 1.54) is 12.1 Å². The molecule has 2 aliphatic rings. The number of carbonyl (C=O) groups is 2. The lowest BCUT2D eigenvalue weighted by Crippen LogP contribution is -2.51. The van der Waals surface area contributed by atoms with Gasteiger partial charge in [-0.1, -0.05) is 0 Å². The highest BCUT2D eigenvalue weighted by Crippen LogP contribution is 2.28. The van der Waals surface area contributed by atoms with Crippen LogP contribution < -0.4 is 9.47 Å². The lowest BCUT2D eigenvalue weighted by atomic mass is 9.90. The molecule has 0 unspecified atom stereocenters. The van der Waals surface area contributed by atoms with E-state index in [4.69, 9.17) is 9.47 Å². The molecule has 34 heavy (non-hydrogen) atoms. The molecule has 2 fully saturated rings. The fourth-order valence-electron chi connectivity index (χ4n) is 4.56. The van der Waals surface area contributed by atoms with Gasteiger partial charge in [-0.3, -0.25) is 9.59 Å². The van der Waals surface area contributed by atoms with E-state index in [0.717, 1.165) is 13.1 Å². The van der Waals surface area contributed by atoms with Gasteiger partial charge < -0.3 is 24.2 Å². The molecule has 182 valence electrons. The summed E-state index contributed by atoms with van der Waals surface area (Å²) in [5.41, 5.74) is 0.586. The lowest BCUT2D eigenvalue weighted by molar-refractivity contribution is -0.135. The Kier molecular flexibility index (Phi) is 7.67. The van der Waals surface area contributed by atoms with E-state index in [2.05, 4.69) is 11.9 Å². The monoisotopic (exact) mass is 469 g/mol. The Labute approximate surface area is 200 Å². The van der Waals surface area contributed by atoms with Crippen LogP contribution in [0.2, 0.25) is 0 Å². The molecule has 4 rings (SSSR count). The fourth-order valence-corrected chi connectivity index (χ4v) is 4.56. The maximum absolute atomic E-state index is 13.3. The first-order valence-corrected chi connectivity index (χ1v) is 11.7. The molecule has 2 amide bonds. The largest absolute Gasteiger partial charge is 0.497 e. The van der Waals surface area contributed by atoms with E-state index >= 15 is 0 Å². The SMILES string of the molecule is COc1ccc(C(=O)N2CC[C@H](Oc3ccc(F)cc3)[C@@H](CC(=O)N3CCN(C)CC3)C2)cc1. The van der Waals surface area contributed by atoms with Crippen molar-refractivity contribution in [3.05, 3.63) is 59.9 Å². The molecular formula is C26H32FN3O4. The van der Waals surface area contributed by atoms with Crippen molar-refractivity contribution >= 4 is 11.8 Å². The maximum atomic E-state index is 13.3. The first-order valence-electron chi connectivity index (χ1n) is 11.7. The molecule has 2 atom stereocenters.